The Labute approximate surface area is 224 Å². The van der Waals surface area contributed by atoms with Gasteiger partial charge in [0.2, 0.25) is 5.89 Å². The molecule has 0 atom stereocenters. The molecule has 39 heavy (non-hydrogen) atoms. The lowest BCUT2D eigenvalue weighted by Gasteiger charge is -2.27. The van der Waals surface area contributed by atoms with Crippen LogP contribution in [0.5, 0.6) is 0 Å². The highest BCUT2D eigenvalue weighted by atomic mass is 16.3. The van der Waals surface area contributed by atoms with E-state index in [0.29, 0.717) is 5.89 Å². The fraction of sp³-hybridized carbons (Fsp3) is 0. The van der Waals surface area contributed by atoms with Crippen molar-refractivity contribution in [1.82, 2.24) is 4.98 Å². The number of rotatable bonds is 4. The third kappa shape index (κ3) is 3.50. The monoisotopic (exact) mass is 502 g/mol. The van der Waals surface area contributed by atoms with E-state index in [9.17, 15) is 0 Å². The number of hydrogen-bond donors (Lipinski definition) is 0. The van der Waals surface area contributed by atoms with Gasteiger partial charge in [0, 0.05) is 38.5 Å². The Morgan fingerprint density at radius 1 is 0.487 bits per heavy atom. The topological polar surface area (TPSA) is 42.4 Å². The first kappa shape index (κ1) is 21.7. The molecule has 0 spiro atoms. The van der Waals surface area contributed by atoms with Crippen LogP contribution in [0.25, 0.3) is 55.3 Å². The molecule has 0 aliphatic heterocycles. The van der Waals surface area contributed by atoms with Gasteiger partial charge in [0.05, 0.1) is 5.69 Å². The highest BCUT2D eigenvalue weighted by Crippen LogP contribution is 2.44. The maximum absolute atomic E-state index is 6.37. The Balaban J connectivity index is 1.41. The molecule has 2 aromatic heterocycles. The zero-order chi connectivity index (χ0) is 25.8. The molecule has 0 fully saturated rings. The smallest absolute Gasteiger partial charge is 0.227 e. The van der Waals surface area contributed by atoms with Gasteiger partial charge in [-0.05, 0) is 54.6 Å². The van der Waals surface area contributed by atoms with Gasteiger partial charge in [-0.1, -0.05) is 78.9 Å². The van der Waals surface area contributed by atoms with E-state index in [-0.39, 0.29) is 0 Å². The van der Waals surface area contributed by atoms with Crippen molar-refractivity contribution in [2.24, 2.45) is 0 Å². The highest BCUT2D eigenvalue weighted by Gasteiger charge is 2.21. The van der Waals surface area contributed by atoms with E-state index >= 15 is 0 Å². The predicted octanol–water partition coefficient (Wildman–Crippen LogP) is 10.0. The van der Waals surface area contributed by atoms with Crippen molar-refractivity contribution in [2.45, 2.75) is 0 Å². The first-order valence-electron chi connectivity index (χ1n) is 13.0. The average Bonchev–Trinajstić information content (AvgIpc) is 3.60. The van der Waals surface area contributed by atoms with Gasteiger partial charge in [-0.25, -0.2) is 4.98 Å². The summed E-state index contributed by atoms with van der Waals surface area (Å²) in [5.41, 5.74) is 7.45. The van der Waals surface area contributed by atoms with Gasteiger partial charge < -0.3 is 13.7 Å². The third-order valence-electron chi connectivity index (χ3n) is 7.27. The molecular formula is C35H22N2O2. The molecule has 2 heterocycles. The average molecular weight is 503 g/mol. The summed E-state index contributed by atoms with van der Waals surface area (Å²) in [6.45, 7) is 0. The Kier molecular flexibility index (Phi) is 4.79. The number of para-hydroxylation sites is 2. The number of anilines is 3. The van der Waals surface area contributed by atoms with Crippen LogP contribution >= 0.6 is 0 Å². The summed E-state index contributed by atoms with van der Waals surface area (Å²) >= 11 is 0. The number of oxazole rings is 1. The first-order valence-corrected chi connectivity index (χ1v) is 13.0. The Morgan fingerprint density at radius 2 is 1.15 bits per heavy atom. The van der Waals surface area contributed by atoms with E-state index in [2.05, 4.69) is 83.8 Å². The van der Waals surface area contributed by atoms with Crippen molar-refractivity contribution in [1.29, 1.82) is 0 Å². The second-order valence-corrected chi connectivity index (χ2v) is 9.62. The molecule has 0 N–H and O–H groups in total. The molecule has 0 aliphatic carbocycles. The van der Waals surface area contributed by atoms with Gasteiger partial charge in [-0.3, -0.25) is 0 Å². The summed E-state index contributed by atoms with van der Waals surface area (Å²) < 4.78 is 12.5. The SMILES string of the molecule is c1ccc(-c2nc3cc(N(c4ccccc4)c4ccc5oc6ccccc6c5c4)c4ccccc4c3o2)cc1. The molecule has 0 radical (unpaired) electrons. The number of furan rings is 1. The van der Waals surface area contributed by atoms with Crippen LogP contribution in [0, 0.1) is 0 Å². The summed E-state index contributed by atoms with van der Waals surface area (Å²) in [6.07, 6.45) is 0. The minimum Gasteiger partial charge on any atom is -0.456 e. The Hall–Kier alpha value is -5.35. The Morgan fingerprint density at radius 3 is 1.97 bits per heavy atom. The maximum Gasteiger partial charge on any atom is 0.227 e. The zero-order valence-corrected chi connectivity index (χ0v) is 20.9. The van der Waals surface area contributed by atoms with Crippen LogP contribution in [-0.4, -0.2) is 4.98 Å². The second-order valence-electron chi connectivity index (χ2n) is 9.62. The van der Waals surface area contributed by atoms with Crippen molar-refractivity contribution in [3.05, 3.63) is 133 Å². The van der Waals surface area contributed by atoms with E-state index in [1.807, 2.05) is 54.6 Å². The molecule has 0 amide bonds. The standard InChI is InChI=1S/C35H22N2O2/c1-3-11-23(12-4-1)35-36-30-22-31(26-15-7-8-17-28(26)34(30)39-35)37(24-13-5-2-6-14-24)25-19-20-33-29(21-25)27-16-9-10-18-32(27)38-33/h1-22H. The van der Waals surface area contributed by atoms with Crippen molar-refractivity contribution in [2.75, 3.05) is 4.90 Å². The number of aromatic nitrogens is 1. The molecule has 8 aromatic rings. The van der Waals surface area contributed by atoms with Crippen LogP contribution in [0.15, 0.2) is 142 Å². The lowest BCUT2D eigenvalue weighted by molar-refractivity contribution is 0.623. The van der Waals surface area contributed by atoms with Crippen LogP contribution in [0.2, 0.25) is 0 Å². The third-order valence-corrected chi connectivity index (χ3v) is 7.27. The Bertz CT molecular complexity index is 2130. The molecule has 0 unspecified atom stereocenters. The van der Waals surface area contributed by atoms with Crippen LogP contribution < -0.4 is 4.90 Å². The summed E-state index contributed by atoms with van der Waals surface area (Å²) in [5, 5.41) is 4.30. The van der Waals surface area contributed by atoms with Crippen molar-refractivity contribution >= 4 is 60.9 Å². The van der Waals surface area contributed by atoms with Gasteiger partial charge in [0.1, 0.15) is 16.7 Å². The zero-order valence-electron chi connectivity index (χ0n) is 20.9. The van der Waals surface area contributed by atoms with E-state index in [1.54, 1.807) is 0 Å². The summed E-state index contributed by atoms with van der Waals surface area (Å²) in [7, 11) is 0. The number of fused-ring (bicyclic) bond motifs is 6. The lowest BCUT2D eigenvalue weighted by Crippen LogP contribution is -2.10. The number of nitrogens with zero attached hydrogens (tertiary/aromatic N) is 2. The van der Waals surface area contributed by atoms with Gasteiger partial charge in [-0.15, -0.1) is 0 Å². The molecule has 8 rings (SSSR count). The van der Waals surface area contributed by atoms with Gasteiger partial charge in [0.25, 0.3) is 0 Å². The summed E-state index contributed by atoms with van der Waals surface area (Å²) in [4.78, 5) is 7.23. The molecule has 0 bridgehead atoms. The van der Waals surface area contributed by atoms with E-state index in [4.69, 9.17) is 13.8 Å². The molecule has 0 saturated carbocycles. The van der Waals surface area contributed by atoms with Crippen LogP contribution in [0.3, 0.4) is 0 Å². The fourth-order valence-corrected chi connectivity index (χ4v) is 5.48. The number of hydrogen-bond acceptors (Lipinski definition) is 4. The molecule has 0 aliphatic rings. The van der Waals surface area contributed by atoms with Crippen molar-refractivity contribution in [3.63, 3.8) is 0 Å². The van der Waals surface area contributed by atoms with E-state index < -0.39 is 0 Å². The first-order chi connectivity index (χ1) is 19.3. The fourth-order valence-electron chi connectivity index (χ4n) is 5.48. The molecule has 0 saturated heterocycles. The normalized spacial score (nSPS) is 11.6. The maximum atomic E-state index is 6.37. The van der Waals surface area contributed by atoms with Crippen molar-refractivity contribution in [3.8, 4) is 11.5 Å². The summed E-state index contributed by atoms with van der Waals surface area (Å²) in [5.74, 6) is 0.616. The lowest BCUT2D eigenvalue weighted by atomic mass is 10.0. The molecule has 184 valence electrons. The quantitative estimate of drug-likeness (QED) is 0.240. The highest BCUT2D eigenvalue weighted by molar-refractivity contribution is 6.13. The molecule has 4 heteroatoms. The van der Waals surface area contributed by atoms with E-state index in [1.165, 1.54) is 0 Å². The molecule has 6 aromatic carbocycles. The van der Waals surface area contributed by atoms with Gasteiger partial charge >= 0.3 is 0 Å². The molecule has 4 nitrogen and oxygen atoms in total. The predicted molar refractivity (Wildman–Crippen MR) is 159 cm³/mol. The summed E-state index contributed by atoms with van der Waals surface area (Å²) in [6, 6.07) is 45.6. The van der Waals surface area contributed by atoms with Crippen LogP contribution in [0.4, 0.5) is 17.1 Å². The largest absolute Gasteiger partial charge is 0.456 e. The second kappa shape index (κ2) is 8.61. The molecular weight excluding hydrogens is 480 g/mol. The minimum atomic E-state index is 0.616. The van der Waals surface area contributed by atoms with Crippen molar-refractivity contribution < 1.29 is 8.83 Å². The van der Waals surface area contributed by atoms with E-state index in [0.717, 1.165) is 66.4 Å². The van der Waals surface area contributed by atoms with Gasteiger partial charge in [-0.2, -0.15) is 0 Å². The van der Waals surface area contributed by atoms with Gasteiger partial charge in [0.15, 0.2) is 5.58 Å². The van der Waals surface area contributed by atoms with Crippen LogP contribution in [0.1, 0.15) is 0 Å². The van der Waals surface area contributed by atoms with Crippen LogP contribution in [-0.2, 0) is 0 Å². The minimum absolute atomic E-state index is 0.616. The number of benzene rings is 6.